The summed E-state index contributed by atoms with van der Waals surface area (Å²) in [4.78, 5) is 15.5. The summed E-state index contributed by atoms with van der Waals surface area (Å²) < 4.78 is 5.85. The van der Waals surface area contributed by atoms with Gasteiger partial charge in [-0.1, -0.05) is 35.9 Å². The molecule has 1 fully saturated rings. The molecule has 1 heterocycles. The molecule has 5 nitrogen and oxygen atoms in total. The van der Waals surface area contributed by atoms with Crippen LogP contribution in [0, 0.1) is 11.3 Å². The SMILES string of the molecule is N#CCSc1ccccc1NC(=O)CN1CCOC(c2ccc(Cl)cc2)C1. The number of anilines is 1. The van der Waals surface area contributed by atoms with Crippen LogP contribution < -0.4 is 5.32 Å². The molecule has 1 atom stereocenters. The second-order valence-electron chi connectivity index (χ2n) is 6.14. The van der Waals surface area contributed by atoms with E-state index in [-0.39, 0.29) is 12.0 Å². The van der Waals surface area contributed by atoms with Crippen LogP contribution in [-0.2, 0) is 9.53 Å². The maximum Gasteiger partial charge on any atom is 0.238 e. The Morgan fingerprint density at radius 3 is 2.85 bits per heavy atom. The maximum absolute atomic E-state index is 12.5. The van der Waals surface area contributed by atoms with Crippen LogP contribution in [0.25, 0.3) is 0 Å². The van der Waals surface area contributed by atoms with Gasteiger partial charge in [0.15, 0.2) is 0 Å². The van der Waals surface area contributed by atoms with Gasteiger partial charge in [0.05, 0.1) is 36.8 Å². The van der Waals surface area contributed by atoms with Crippen molar-refractivity contribution in [3.8, 4) is 6.07 Å². The maximum atomic E-state index is 12.5. The summed E-state index contributed by atoms with van der Waals surface area (Å²) in [6.45, 7) is 2.24. The molecule has 0 bridgehead atoms. The monoisotopic (exact) mass is 401 g/mol. The molecule has 1 aliphatic heterocycles. The van der Waals surface area contributed by atoms with E-state index in [9.17, 15) is 4.79 Å². The molecule has 27 heavy (non-hydrogen) atoms. The number of rotatable bonds is 6. The molecule has 0 spiro atoms. The highest BCUT2D eigenvalue weighted by atomic mass is 35.5. The van der Waals surface area contributed by atoms with E-state index in [1.165, 1.54) is 11.8 Å². The van der Waals surface area contributed by atoms with Crippen molar-refractivity contribution < 1.29 is 9.53 Å². The van der Waals surface area contributed by atoms with Crippen molar-refractivity contribution in [3.63, 3.8) is 0 Å². The molecule has 3 rings (SSSR count). The summed E-state index contributed by atoms with van der Waals surface area (Å²) in [5, 5.41) is 12.4. The Balaban J connectivity index is 1.58. The van der Waals surface area contributed by atoms with Crippen molar-refractivity contribution in [3.05, 3.63) is 59.1 Å². The number of nitrogens with one attached hydrogen (secondary N) is 1. The van der Waals surface area contributed by atoms with Crippen LogP contribution in [0.5, 0.6) is 0 Å². The number of nitrogens with zero attached hydrogens (tertiary/aromatic N) is 2. The summed E-state index contributed by atoms with van der Waals surface area (Å²) in [6.07, 6.45) is -0.0673. The van der Waals surface area contributed by atoms with Gasteiger partial charge in [-0.25, -0.2) is 0 Å². The molecule has 2 aromatic carbocycles. The number of morpholine rings is 1. The van der Waals surface area contributed by atoms with Gasteiger partial charge in [-0.15, -0.1) is 11.8 Å². The van der Waals surface area contributed by atoms with Crippen molar-refractivity contribution in [1.82, 2.24) is 4.90 Å². The quantitative estimate of drug-likeness (QED) is 0.742. The highest BCUT2D eigenvalue weighted by Crippen LogP contribution is 2.27. The Morgan fingerprint density at radius 2 is 2.07 bits per heavy atom. The first-order valence-electron chi connectivity index (χ1n) is 8.64. The molecule has 0 saturated carbocycles. The first-order valence-corrected chi connectivity index (χ1v) is 10.00. The van der Waals surface area contributed by atoms with E-state index in [2.05, 4.69) is 16.3 Å². The second-order valence-corrected chi connectivity index (χ2v) is 7.59. The lowest BCUT2D eigenvalue weighted by Gasteiger charge is -2.32. The van der Waals surface area contributed by atoms with Gasteiger partial charge in [0.2, 0.25) is 5.91 Å². The first-order chi connectivity index (χ1) is 13.2. The van der Waals surface area contributed by atoms with Gasteiger partial charge >= 0.3 is 0 Å². The molecule has 1 saturated heterocycles. The van der Waals surface area contributed by atoms with Gasteiger partial charge in [-0.3, -0.25) is 9.69 Å². The lowest BCUT2D eigenvalue weighted by Crippen LogP contribution is -2.42. The zero-order chi connectivity index (χ0) is 19.1. The number of halogens is 1. The Labute approximate surface area is 168 Å². The van der Waals surface area contributed by atoms with Gasteiger partial charge in [-0.2, -0.15) is 5.26 Å². The van der Waals surface area contributed by atoms with Crippen LogP contribution in [0.2, 0.25) is 5.02 Å². The number of carbonyl (C=O) groups is 1. The highest BCUT2D eigenvalue weighted by Gasteiger charge is 2.23. The summed E-state index contributed by atoms with van der Waals surface area (Å²) in [5.41, 5.74) is 1.80. The number of ether oxygens (including phenoxy) is 1. The van der Waals surface area contributed by atoms with Crippen LogP contribution >= 0.6 is 23.4 Å². The molecule has 1 aliphatic rings. The molecule has 1 unspecified atom stereocenters. The largest absolute Gasteiger partial charge is 0.371 e. The average Bonchev–Trinajstić information content (AvgIpc) is 2.68. The lowest BCUT2D eigenvalue weighted by molar-refractivity contribution is -0.119. The first kappa shape index (κ1) is 19.7. The average molecular weight is 402 g/mol. The third-order valence-corrected chi connectivity index (χ3v) is 5.41. The van der Waals surface area contributed by atoms with Gasteiger partial charge in [0.1, 0.15) is 0 Å². The summed E-state index contributed by atoms with van der Waals surface area (Å²) in [7, 11) is 0. The minimum atomic E-state index is -0.0724. The second kappa shape index (κ2) is 9.77. The van der Waals surface area contributed by atoms with Gasteiger partial charge < -0.3 is 10.1 Å². The fourth-order valence-corrected chi connectivity index (χ4v) is 3.72. The Bertz CT molecular complexity index is 823. The van der Waals surface area contributed by atoms with Crippen LogP contribution in [0.15, 0.2) is 53.4 Å². The Kier molecular flexibility index (Phi) is 7.13. The van der Waals surface area contributed by atoms with Crippen LogP contribution in [0.4, 0.5) is 5.69 Å². The number of benzene rings is 2. The van der Waals surface area contributed by atoms with E-state index < -0.39 is 0 Å². The van der Waals surface area contributed by atoms with Crippen molar-refractivity contribution in [2.45, 2.75) is 11.0 Å². The minimum Gasteiger partial charge on any atom is -0.371 e. The molecule has 1 amide bonds. The topological polar surface area (TPSA) is 65.4 Å². The molecule has 0 aliphatic carbocycles. The predicted molar refractivity (Wildman–Crippen MR) is 108 cm³/mol. The standard InChI is InChI=1S/C20H20ClN3O2S/c21-16-7-5-15(6-8-16)18-13-24(10-11-26-18)14-20(25)23-17-3-1-2-4-19(17)27-12-9-22/h1-8,18H,10-14H2,(H,23,25). The third-order valence-electron chi connectivity index (χ3n) is 4.21. The van der Waals surface area contributed by atoms with Crippen molar-refractivity contribution in [1.29, 1.82) is 5.26 Å². The fourth-order valence-electron chi connectivity index (χ4n) is 2.92. The molecule has 2 aromatic rings. The number of amides is 1. The van der Waals surface area contributed by atoms with Crippen LogP contribution in [-0.4, -0.2) is 42.8 Å². The minimum absolute atomic E-state index is 0.0673. The van der Waals surface area contributed by atoms with Crippen molar-refractivity contribution >= 4 is 35.0 Å². The normalized spacial score (nSPS) is 17.3. The molecule has 0 aromatic heterocycles. The third kappa shape index (κ3) is 5.72. The van der Waals surface area contributed by atoms with E-state index >= 15 is 0 Å². The molecule has 1 N–H and O–H groups in total. The van der Waals surface area contributed by atoms with Gasteiger partial charge in [0, 0.05) is 23.0 Å². The molecule has 0 radical (unpaired) electrons. The summed E-state index contributed by atoms with van der Waals surface area (Å²) >= 11 is 7.36. The van der Waals surface area contributed by atoms with Crippen LogP contribution in [0.3, 0.4) is 0 Å². The van der Waals surface area contributed by atoms with Crippen molar-refractivity contribution in [2.75, 3.05) is 37.3 Å². The molecule has 7 heteroatoms. The number of hydrogen-bond donors (Lipinski definition) is 1. The zero-order valence-electron chi connectivity index (χ0n) is 14.7. The highest BCUT2D eigenvalue weighted by molar-refractivity contribution is 7.99. The fraction of sp³-hybridized carbons (Fsp3) is 0.300. The van der Waals surface area contributed by atoms with E-state index in [1.54, 1.807) is 0 Å². The van der Waals surface area contributed by atoms with Gasteiger partial charge in [-0.05, 0) is 29.8 Å². The smallest absolute Gasteiger partial charge is 0.238 e. The van der Waals surface area contributed by atoms with E-state index in [0.29, 0.717) is 37.0 Å². The number of hydrogen-bond acceptors (Lipinski definition) is 5. The lowest BCUT2D eigenvalue weighted by atomic mass is 10.1. The Hall–Kier alpha value is -2.04. The molecular formula is C20H20ClN3O2S. The summed E-state index contributed by atoms with van der Waals surface area (Å²) in [5.74, 6) is 0.274. The number of nitriles is 1. The number of para-hydroxylation sites is 1. The number of thioether (sulfide) groups is 1. The number of carbonyl (C=O) groups excluding carboxylic acids is 1. The van der Waals surface area contributed by atoms with E-state index in [4.69, 9.17) is 21.6 Å². The van der Waals surface area contributed by atoms with Gasteiger partial charge in [0.25, 0.3) is 0 Å². The van der Waals surface area contributed by atoms with E-state index in [1.807, 2.05) is 48.5 Å². The summed E-state index contributed by atoms with van der Waals surface area (Å²) in [6, 6.07) is 17.2. The van der Waals surface area contributed by atoms with E-state index in [0.717, 1.165) is 16.1 Å². The van der Waals surface area contributed by atoms with Crippen molar-refractivity contribution in [2.24, 2.45) is 0 Å². The Morgan fingerprint density at radius 1 is 1.30 bits per heavy atom. The zero-order valence-corrected chi connectivity index (χ0v) is 16.3. The molecular weight excluding hydrogens is 382 g/mol. The van der Waals surface area contributed by atoms with Crippen LogP contribution in [0.1, 0.15) is 11.7 Å². The molecule has 140 valence electrons. The predicted octanol–water partition coefficient (Wildman–Crippen LogP) is 3.97.